The zero-order valence-corrected chi connectivity index (χ0v) is 22.4. The molecule has 0 aliphatic carbocycles. The molecule has 1 aliphatic heterocycles. The summed E-state index contributed by atoms with van der Waals surface area (Å²) >= 11 is 0. The summed E-state index contributed by atoms with van der Waals surface area (Å²) in [4.78, 5) is 37.0. The third kappa shape index (κ3) is 5.37. The van der Waals surface area contributed by atoms with E-state index >= 15 is 0 Å². The zero-order chi connectivity index (χ0) is 27.7. The summed E-state index contributed by atoms with van der Waals surface area (Å²) in [5.41, 5.74) is 0.692. The highest BCUT2D eigenvalue weighted by Crippen LogP contribution is 2.24. The normalized spacial score (nSPS) is 15.2. The summed E-state index contributed by atoms with van der Waals surface area (Å²) in [6.45, 7) is 4.26. The molecule has 0 radical (unpaired) electrons. The van der Waals surface area contributed by atoms with Gasteiger partial charge < -0.3 is 9.72 Å². The number of methoxy groups -OCH3 is 1. The van der Waals surface area contributed by atoms with Gasteiger partial charge in [-0.2, -0.15) is 4.31 Å². The molecule has 0 amide bonds. The standard InChI is InChI=1S/C26H29FN6O5S/c1-3-8-33-25(34)22-24(30-26(33)35)29-23(28-22)18-4-6-21(7-5-18)39(36,37)32-11-9-31(10-12-32)16-17-13-19(27)15-20(14-17)38-2/h4-7,13-15H,3,8-12,16H2,1-2H3,(H,28,29)(H,30,35). The van der Waals surface area contributed by atoms with Gasteiger partial charge in [-0.3, -0.25) is 19.2 Å². The van der Waals surface area contributed by atoms with Crippen molar-refractivity contribution in [1.29, 1.82) is 0 Å². The second-order valence-electron chi connectivity index (χ2n) is 9.40. The van der Waals surface area contributed by atoms with Crippen LogP contribution in [0.3, 0.4) is 0 Å². The maximum atomic E-state index is 13.8. The number of imidazole rings is 1. The molecular weight excluding hydrogens is 527 g/mol. The maximum Gasteiger partial charge on any atom is 0.330 e. The minimum atomic E-state index is -3.73. The Labute approximate surface area is 223 Å². The summed E-state index contributed by atoms with van der Waals surface area (Å²) in [7, 11) is -2.24. The Kier molecular flexibility index (Phi) is 7.38. The third-order valence-electron chi connectivity index (χ3n) is 6.75. The molecule has 4 aromatic rings. The average Bonchev–Trinajstić information content (AvgIpc) is 3.35. The molecular formula is C26H29FN6O5S. The van der Waals surface area contributed by atoms with Crippen LogP contribution in [0.5, 0.6) is 5.75 Å². The Balaban J connectivity index is 1.29. The fraction of sp³-hybridized carbons (Fsp3) is 0.346. The molecule has 39 heavy (non-hydrogen) atoms. The summed E-state index contributed by atoms with van der Waals surface area (Å²) in [6.07, 6.45) is 0.628. The molecule has 13 heteroatoms. The van der Waals surface area contributed by atoms with Crippen molar-refractivity contribution in [2.24, 2.45) is 0 Å². The second-order valence-corrected chi connectivity index (χ2v) is 11.3. The van der Waals surface area contributed by atoms with Crippen LogP contribution in [0.1, 0.15) is 18.9 Å². The molecule has 1 saturated heterocycles. The number of hydrogen-bond donors (Lipinski definition) is 2. The largest absolute Gasteiger partial charge is 0.497 e. The number of nitrogens with zero attached hydrogens (tertiary/aromatic N) is 4. The summed E-state index contributed by atoms with van der Waals surface area (Å²) < 4.78 is 48.1. The summed E-state index contributed by atoms with van der Waals surface area (Å²) in [6, 6.07) is 10.8. The van der Waals surface area contributed by atoms with Gasteiger partial charge in [0.05, 0.1) is 12.0 Å². The van der Waals surface area contributed by atoms with Crippen LogP contribution in [-0.4, -0.2) is 70.4 Å². The Morgan fingerprint density at radius 1 is 1.03 bits per heavy atom. The van der Waals surface area contributed by atoms with E-state index in [1.807, 2.05) is 6.92 Å². The first-order chi connectivity index (χ1) is 18.7. The number of aromatic nitrogens is 4. The number of fused-ring (bicyclic) bond motifs is 1. The van der Waals surface area contributed by atoms with E-state index < -0.39 is 21.3 Å². The molecule has 5 rings (SSSR count). The van der Waals surface area contributed by atoms with E-state index in [0.717, 1.165) is 10.1 Å². The number of halogens is 1. The number of piperazine rings is 1. The highest BCUT2D eigenvalue weighted by Gasteiger charge is 2.28. The van der Waals surface area contributed by atoms with Gasteiger partial charge >= 0.3 is 5.69 Å². The molecule has 3 heterocycles. The van der Waals surface area contributed by atoms with Crippen LogP contribution in [0, 0.1) is 5.82 Å². The fourth-order valence-corrected chi connectivity index (χ4v) is 6.15. The fourth-order valence-electron chi connectivity index (χ4n) is 4.73. The first-order valence-corrected chi connectivity index (χ1v) is 14.0. The Hall–Kier alpha value is -3.81. The van der Waals surface area contributed by atoms with Gasteiger partial charge in [-0.15, -0.1) is 0 Å². The molecule has 2 N–H and O–H groups in total. The molecule has 206 valence electrons. The van der Waals surface area contributed by atoms with Crippen LogP contribution in [0.15, 0.2) is 56.9 Å². The second kappa shape index (κ2) is 10.8. The molecule has 1 aliphatic rings. The zero-order valence-electron chi connectivity index (χ0n) is 21.6. The molecule has 0 saturated carbocycles. The average molecular weight is 557 g/mol. The van der Waals surface area contributed by atoms with Gasteiger partial charge in [0.2, 0.25) is 10.0 Å². The monoisotopic (exact) mass is 556 g/mol. The van der Waals surface area contributed by atoms with Crippen molar-refractivity contribution in [3.8, 4) is 17.1 Å². The van der Waals surface area contributed by atoms with Crippen LogP contribution in [0.4, 0.5) is 4.39 Å². The molecule has 0 unspecified atom stereocenters. The van der Waals surface area contributed by atoms with Crippen LogP contribution < -0.4 is 16.0 Å². The number of sulfonamides is 1. The van der Waals surface area contributed by atoms with Crippen molar-refractivity contribution >= 4 is 21.2 Å². The number of ether oxygens (including phenoxy) is 1. The van der Waals surface area contributed by atoms with Crippen LogP contribution in [0.25, 0.3) is 22.6 Å². The number of H-pyrrole nitrogens is 2. The number of aromatic amines is 2. The molecule has 2 aromatic carbocycles. The van der Waals surface area contributed by atoms with Crippen LogP contribution in [-0.2, 0) is 23.1 Å². The molecule has 1 fully saturated rings. The maximum absolute atomic E-state index is 13.8. The van der Waals surface area contributed by atoms with E-state index in [4.69, 9.17) is 4.74 Å². The van der Waals surface area contributed by atoms with E-state index in [2.05, 4.69) is 19.9 Å². The van der Waals surface area contributed by atoms with Gasteiger partial charge in [0, 0.05) is 50.9 Å². The van der Waals surface area contributed by atoms with Crippen molar-refractivity contribution in [3.05, 3.63) is 74.7 Å². The minimum absolute atomic E-state index is 0.143. The van der Waals surface area contributed by atoms with Crippen molar-refractivity contribution in [2.45, 2.75) is 31.3 Å². The van der Waals surface area contributed by atoms with E-state index in [1.165, 1.54) is 35.7 Å². The third-order valence-corrected chi connectivity index (χ3v) is 8.66. The van der Waals surface area contributed by atoms with Crippen LogP contribution in [0.2, 0.25) is 0 Å². The van der Waals surface area contributed by atoms with Gasteiger partial charge in [-0.25, -0.2) is 22.6 Å². The van der Waals surface area contributed by atoms with Gasteiger partial charge in [-0.05, 0) is 48.4 Å². The number of rotatable bonds is 8. The quantitative estimate of drug-likeness (QED) is 0.340. The van der Waals surface area contributed by atoms with Gasteiger partial charge in [0.1, 0.15) is 22.9 Å². The summed E-state index contributed by atoms with van der Waals surface area (Å²) in [5.74, 6) is 0.413. The van der Waals surface area contributed by atoms with Crippen molar-refractivity contribution in [1.82, 2.24) is 28.7 Å². The predicted octanol–water partition coefficient (Wildman–Crippen LogP) is 2.14. The number of benzene rings is 2. The summed E-state index contributed by atoms with van der Waals surface area (Å²) in [5, 5.41) is 0. The lowest BCUT2D eigenvalue weighted by Gasteiger charge is -2.34. The Morgan fingerprint density at radius 3 is 2.41 bits per heavy atom. The number of nitrogens with one attached hydrogen (secondary N) is 2. The first-order valence-electron chi connectivity index (χ1n) is 12.6. The molecule has 0 bridgehead atoms. The molecule has 0 spiro atoms. The smallest absolute Gasteiger partial charge is 0.330 e. The van der Waals surface area contributed by atoms with Crippen molar-refractivity contribution < 1.29 is 17.5 Å². The van der Waals surface area contributed by atoms with Crippen LogP contribution >= 0.6 is 0 Å². The number of hydrogen-bond acceptors (Lipinski definition) is 7. The first kappa shape index (κ1) is 26.8. The van der Waals surface area contributed by atoms with E-state index in [-0.39, 0.29) is 21.9 Å². The van der Waals surface area contributed by atoms with Gasteiger partial charge in [0.25, 0.3) is 5.56 Å². The molecule has 0 atom stereocenters. The lowest BCUT2D eigenvalue weighted by molar-refractivity contribution is 0.181. The minimum Gasteiger partial charge on any atom is -0.497 e. The molecule has 11 nitrogen and oxygen atoms in total. The van der Waals surface area contributed by atoms with Gasteiger partial charge in [0.15, 0.2) is 5.65 Å². The Bertz CT molecular complexity index is 1720. The molecule has 2 aromatic heterocycles. The van der Waals surface area contributed by atoms with E-state index in [9.17, 15) is 22.4 Å². The van der Waals surface area contributed by atoms with Gasteiger partial charge in [-0.1, -0.05) is 6.92 Å². The topological polar surface area (TPSA) is 133 Å². The lowest BCUT2D eigenvalue weighted by atomic mass is 10.2. The Morgan fingerprint density at radius 2 is 1.74 bits per heavy atom. The highest BCUT2D eigenvalue weighted by atomic mass is 32.2. The SMILES string of the molecule is CCCn1c(=O)[nH]c2nc(-c3ccc(S(=O)(=O)N4CCN(Cc5cc(F)cc(OC)c5)CC4)cc3)[nH]c2c1=O. The van der Waals surface area contributed by atoms with Crippen molar-refractivity contribution in [2.75, 3.05) is 33.3 Å². The van der Waals surface area contributed by atoms with Crippen molar-refractivity contribution in [3.63, 3.8) is 0 Å². The highest BCUT2D eigenvalue weighted by molar-refractivity contribution is 7.89. The van der Waals surface area contributed by atoms with E-state index in [0.29, 0.717) is 62.8 Å². The lowest BCUT2D eigenvalue weighted by Crippen LogP contribution is -2.48. The van der Waals surface area contributed by atoms with E-state index in [1.54, 1.807) is 18.2 Å². The predicted molar refractivity (Wildman–Crippen MR) is 144 cm³/mol.